The molecule has 4 heteroatoms. The average molecular weight is 339 g/mol. The Bertz CT molecular complexity index is 849. The van der Waals surface area contributed by atoms with E-state index in [1.165, 1.54) is 0 Å². The second kappa shape index (κ2) is 6.87. The van der Waals surface area contributed by atoms with Crippen LogP contribution in [0.3, 0.4) is 0 Å². The highest BCUT2D eigenvalue weighted by Gasteiger charge is 2.19. The molecule has 0 saturated carbocycles. The molecule has 0 unspecified atom stereocenters. The molecular weight excluding hydrogens is 324 g/mol. The third kappa shape index (κ3) is 2.96. The molecule has 1 aromatic heterocycles. The fourth-order valence-electron chi connectivity index (χ4n) is 2.58. The van der Waals surface area contributed by atoms with Gasteiger partial charge in [-0.25, -0.2) is 0 Å². The van der Waals surface area contributed by atoms with E-state index in [-0.39, 0.29) is 0 Å². The number of hydrogen-bond donors (Lipinski definition) is 0. The van der Waals surface area contributed by atoms with Crippen LogP contribution >= 0.6 is 22.9 Å². The predicted molar refractivity (Wildman–Crippen MR) is 98.6 cm³/mol. The van der Waals surface area contributed by atoms with Crippen molar-refractivity contribution in [1.82, 2.24) is 0 Å². The van der Waals surface area contributed by atoms with E-state index < -0.39 is 0 Å². The quantitative estimate of drug-likeness (QED) is 0.574. The number of benzene rings is 2. The topological polar surface area (TPSA) is 27.0 Å². The first-order valence-electron chi connectivity index (χ1n) is 7.35. The van der Waals surface area contributed by atoms with E-state index in [0.29, 0.717) is 10.6 Å². The second-order valence-corrected chi connectivity index (χ2v) is 6.27. The molecule has 3 aromatic rings. The molecule has 1 heterocycles. The third-order valence-electron chi connectivity index (χ3n) is 3.68. The van der Waals surface area contributed by atoms with Crippen molar-refractivity contribution in [2.75, 3.05) is 11.4 Å². The number of thiophene rings is 1. The zero-order chi connectivity index (χ0) is 16.2. The average Bonchev–Trinajstić information content (AvgIpc) is 3.00. The Balaban J connectivity index is 2.12. The lowest BCUT2D eigenvalue weighted by Gasteiger charge is -2.22. The predicted octanol–water partition coefficient (Wildman–Crippen LogP) is 6.10. The molecule has 114 valence electrons. The van der Waals surface area contributed by atoms with Crippen molar-refractivity contribution >= 4 is 33.6 Å². The van der Waals surface area contributed by atoms with E-state index >= 15 is 0 Å². The molecule has 0 aliphatic carbocycles. The largest absolute Gasteiger partial charge is 0.332 e. The number of hydrogen-bond acceptors (Lipinski definition) is 3. The molecule has 0 amide bonds. The van der Waals surface area contributed by atoms with Gasteiger partial charge in [0.1, 0.15) is 11.1 Å². The van der Waals surface area contributed by atoms with Crippen molar-refractivity contribution in [2.24, 2.45) is 0 Å². The van der Waals surface area contributed by atoms with Gasteiger partial charge in [-0.1, -0.05) is 48.0 Å². The summed E-state index contributed by atoms with van der Waals surface area (Å²) in [5.74, 6) is 0. The van der Waals surface area contributed by atoms with Gasteiger partial charge in [0.05, 0.1) is 5.56 Å². The molecule has 0 fully saturated rings. The van der Waals surface area contributed by atoms with Crippen LogP contribution < -0.4 is 4.90 Å². The summed E-state index contributed by atoms with van der Waals surface area (Å²) >= 11 is 7.89. The second-order valence-electron chi connectivity index (χ2n) is 5.00. The molecule has 0 aliphatic rings. The number of anilines is 2. The Labute approximate surface area is 145 Å². The van der Waals surface area contributed by atoms with Crippen molar-refractivity contribution in [3.63, 3.8) is 0 Å². The van der Waals surface area contributed by atoms with Crippen molar-refractivity contribution < 1.29 is 0 Å². The minimum Gasteiger partial charge on any atom is -0.332 e. The van der Waals surface area contributed by atoms with Gasteiger partial charge in [0.25, 0.3) is 0 Å². The van der Waals surface area contributed by atoms with Gasteiger partial charge in [0.15, 0.2) is 0 Å². The summed E-state index contributed by atoms with van der Waals surface area (Å²) in [4.78, 5) is 2.16. The fourth-order valence-corrected chi connectivity index (χ4v) is 3.93. The zero-order valence-electron chi connectivity index (χ0n) is 12.7. The number of halogens is 1. The van der Waals surface area contributed by atoms with Crippen LogP contribution in [-0.4, -0.2) is 6.54 Å². The van der Waals surface area contributed by atoms with Crippen LogP contribution in [0.25, 0.3) is 11.1 Å². The van der Waals surface area contributed by atoms with E-state index in [1.807, 2.05) is 47.8 Å². The normalized spacial score (nSPS) is 10.3. The smallest absolute Gasteiger partial charge is 0.114 e. The standard InChI is InChI=1S/C19H15ClN2S/c1-2-22(14-8-4-3-5-9-14)19-16(12-21)17(13-23-19)15-10-6-7-11-18(15)20/h3-11,13H,2H2,1H3. The summed E-state index contributed by atoms with van der Waals surface area (Å²) in [5.41, 5.74) is 3.55. The SMILES string of the molecule is CCN(c1ccccc1)c1scc(-c2ccccc2Cl)c1C#N. The maximum atomic E-state index is 9.72. The summed E-state index contributed by atoms with van der Waals surface area (Å²) in [6, 6.07) is 20.1. The van der Waals surface area contributed by atoms with Gasteiger partial charge < -0.3 is 4.90 Å². The molecule has 0 aliphatic heterocycles. The van der Waals surface area contributed by atoms with Crippen LogP contribution in [0.4, 0.5) is 10.7 Å². The molecule has 23 heavy (non-hydrogen) atoms. The summed E-state index contributed by atoms with van der Waals surface area (Å²) in [7, 11) is 0. The molecule has 0 saturated heterocycles. The van der Waals surface area contributed by atoms with Crippen molar-refractivity contribution in [3.8, 4) is 17.2 Å². The molecule has 0 atom stereocenters. The monoisotopic (exact) mass is 338 g/mol. The highest BCUT2D eigenvalue weighted by molar-refractivity contribution is 7.15. The molecule has 0 N–H and O–H groups in total. The lowest BCUT2D eigenvalue weighted by Crippen LogP contribution is -2.15. The molecule has 0 radical (unpaired) electrons. The van der Waals surface area contributed by atoms with Crippen molar-refractivity contribution in [1.29, 1.82) is 5.26 Å². The lowest BCUT2D eigenvalue weighted by molar-refractivity contribution is 1.04. The summed E-state index contributed by atoms with van der Waals surface area (Å²) in [6.07, 6.45) is 0. The van der Waals surface area contributed by atoms with E-state index in [4.69, 9.17) is 11.6 Å². The van der Waals surface area contributed by atoms with Gasteiger partial charge in [-0.2, -0.15) is 5.26 Å². The number of para-hydroxylation sites is 1. The van der Waals surface area contributed by atoms with Gasteiger partial charge in [0, 0.05) is 33.8 Å². The Morgan fingerprint density at radius 3 is 2.39 bits per heavy atom. The maximum Gasteiger partial charge on any atom is 0.114 e. The van der Waals surface area contributed by atoms with E-state index in [1.54, 1.807) is 11.3 Å². The Morgan fingerprint density at radius 2 is 1.74 bits per heavy atom. The van der Waals surface area contributed by atoms with Gasteiger partial charge in [-0.05, 0) is 25.1 Å². The van der Waals surface area contributed by atoms with Crippen LogP contribution in [0, 0.1) is 11.3 Å². The van der Waals surface area contributed by atoms with Crippen LogP contribution in [0.5, 0.6) is 0 Å². The minimum atomic E-state index is 0.663. The molecule has 2 nitrogen and oxygen atoms in total. The van der Waals surface area contributed by atoms with Crippen LogP contribution in [-0.2, 0) is 0 Å². The van der Waals surface area contributed by atoms with Crippen LogP contribution in [0.1, 0.15) is 12.5 Å². The minimum absolute atomic E-state index is 0.663. The molecule has 3 rings (SSSR count). The van der Waals surface area contributed by atoms with Gasteiger partial charge in [-0.3, -0.25) is 0 Å². The summed E-state index contributed by atoms with van der Waals surface area (Å²) in [5, 5.41) is 13.4. The van der Waals surface area contributed by atoms with Crippen LogP contribution in [0.2, 0.25) is 5.02 Å². The van der Waals surface area contributed by atoms with Gasteiger partial charge in [0.2, 0.25) is 0 Å². The maximum absolute atomic E-state index is 9.72. The Morgan fingerprint density at radius 1 is 1.04 bits per heavy atom. The molecule has 2 aromatic carbocycles. The summed E-state index contributed by atoms with van der Waals surface area (Å²) < 4.78 is 0. The van der Waals surface area contributed by atoms with Crippen molar-refractivity contribution in [2.45, 2.75) is 6.92 Å². The lowest BCUT2D eigenvalue weighted by atomic mass is 10.0. The summed E-state index contributed by atoms with van der Waals surface area (Å²) in [6.45, 7) is 2.88. The highest BCUT2D eigenvalue weighted by Crippen LogP contribution is 2.41. The number of nitriles is 1. The number of rotatable bonds is 4. The van der Waals surface area contributed by atoms with Crippen LogP contribution in [0.15, 0.2) is 60.0 Å². The number of nitrogens with zero attached hydrogens (tertiary/aromatic N) is 2. The Hall–Kier alpha value is -2.28. The highest BCUT2D eigenvalue weighted by atomic mass is 35.5. The first kappa shape index (κ1) is 15.6. The van der Waals surface area contributed by atoms with Gasteiger partial charge >= 0.3 is 0 Å². The van der Waals surface area contributed by atoms with Gasteiger partial charge in [-0.15, -0.1) is 11.3 Å². The fraction of sp³-hybridized carbons (Fsp3) is 0.105. The van der Waals surface area contributed by atoms with E-state index in [9.17, 15) is 5.26 Å². The van der Waals surface area contributed by atoms with Crippen molar-refractivity contribution in [3.05, 3.63) is 70.6 Å². The van der Waals surface area contributed by atoms with E-state index in [0.717, 1.165) is 28.4 Å². The molecule has 0 spiro atoms. The third-order valence-corrected chi connectivity index (χ3v) is 5.01. The van der Waals surface area contributed by atoms with E-state index in [2.05, 4.69) is 30.0 Å². The first-order chi connectivity index (χ1) is 11.3. The molecular formula is C19H15ClN2S. The molecule has 0 bridgehead atoms. The Kier molecular flexibility index (Phi) is 4.66. The first-order valence-corrected chi connectivity index (χ1v) is 8.61. The zero-order valence-corrected chi connectivity index (χ0v) is 14.2.